The van der Waals surface area contributed by atoms with Gasteiger partial charge in [-0.15, -0.1) is 0 Å². The topological polar surface area (TPSA) is 78.7 Å². The van der Waals surface area contributed by atoms with Crippen molar-refractivity contribution in [2.24, 2.45) is 0 Å². The van der Waals surface area contributed by atoms with Crippen LogP contribution in [0.3, 0.4) is 0 Å². The first-order valence-corrected chi connectivity index (χ1v) is 9.47. The molecule has 0 heterocycles. The lowest BCUT2D eigenvalue weighted by Gasteiger charge is -2.12. The van der Waals surface area contributed by atoms with Gasteiger partial charge in [0.15, 0.2) is 17.3 Å². The molecule has 0 aliphatic rings. The third kappa shape index (κ3) is 5.54. The van der Waals surface area contributed by atoms with Gasteiger partial charge in [0, 0.05) is 17.7 Å². The van der Waals surface area contributed by atoms with Crippen molar-refractivity contribution in [1.82, 2.24) is 0 Å². The number of nitrogens with zero attached hydrogens (tertiary/aromatic N) is 1. The molecule has 0 aliphatic heterocycles. The average Bonchev–Trinajstić information content (AvgIpc) is 2.78. The molecule has 30 heavy (non-hydrogen) atoms. The van der Waals surface area contributed by atoms with Crippen LogP contribution >= 0.6 is 0 Å². The van der Waals surface area contributed by atoms with Gasteiger partial charge in [-0.3, -0.25) is 14.9 Å². The summed E-state index contributed by atoms with van der Waals surface area (Å²) in [6, 6.07) is 20.7. The molecule has 0 saturated heterocycles. The predicted octanol–water partition coefficient (Wildman–Crippen LogP) is 5.47. The van der Waals surface area contributed by atoms with E-state index in [-0.39, 0.29) is 18.1 Å². The molecule has 6 nitrogen and oxygen atoms in total. The van der Waals surface area contributed by atoms with E-state index < -0.39 is 4.92 Å². The average molecular weight is 403 g/mol. The highest BCUT2D eigenvalue weighted by Gasteiger charge is 2.08. The minimum absolute atomic E-state index is 0.0370. The van der Waals surface area contributed by atoms with Gasteiger partial charge in [-0.05, 0) is 48.4 Å². The van der Waals surface area contributed by atoms with Gasteiger partial charge in [-0.1, -0.05) is 42.5 Å². The van der Waals surface area contributed by atoms with Crippen molar-refractivity contribution >= 4 is 17.5 Å². The van der Waals surface area contributed by atoms with Gasteiger partial charge in [0.05, 0.1) is 11.5 Å². The van der Waals surface area contributed by atoms with Crippen molar-refractivity contribution in [3.8, 4) is 11.5 Å². The van der Waals surface area contributed by atoms with Crippen LogP contribution in [0.1, 0.15) is 28.4 Å². The summed E-state index contributed by atoms with van der Waals surface area (Å²) in [5.41, 5.74) is 2.28. The van der Waals surface area contributed by atoms with Crippen LogP contribution in [0.4, 0.5) is 5.69 Å². The standard InChI is InChI=1S/C24H21NO5/c1-2-29-24-16-18(10-14-22(26)20-6-4-3-5-7-20)11-15-23(24)30-17-19-8-12-21(13-9-19)25(27)28/h3-16H,2,17H2,1H3/b14-10+. The van der Waals surface area contributed by atoms with E-state index in [9.17, 15) is 14.9 Å². The van der Waals surface area contributed by atoms with E-state index in [1.165, 1.54) is 18.2 Å². The lowest BCUT2D eigenvalue weighted by molar-refractivity contribution is -0.384. The lowest BCUT2D eigenvalue weighted by Crippen LogP contribution is -2.00. The quantitative estimate of drug-likeness (QED) is 0.205. The van der Waals surface area contributed by atoms with Crippen LogP contribution in [-0.2, 0) is 6.61 Å². The number of nitro benzene ring substituents is 1. The smallest absolute Gasteiger partial charge is 0.269 e. The Hall–Kier alpha value is -3.93. The maximum atomic E-state index is 12.2. The third-order valence-electron chi connectivity index (χ3n) is 4.29. The molecule has 0 saturated carbocycles. The van der Waals surface area contributed by atoms with Gasteiger partial charge in [0.2, 0.25) is 0 Å². The Morgan fingerprint density at radius 1 is 0.967 bits per heavy atom. The van der Waals surface area contributed by atoms with Crippen molar-refractivity contribution in [1.29, 1.82) is 0 Å². The second kappa shape index (κ2) is 10.0. The molecular formula is C24H21NO5. The number of hydrogen-bond donors (Lipinski definition) is 0. The summed E-state index contributed by atoms with van der Waals surface area (Å²) in [7, 11) is 0. The van der Waals surface area contributed by atoms with Crippen molar-refractivity contribution in [3.63, 3.8) is 0 Å². The van der Waals surface area contributed by atoms with Gasteiger partial charge in [-0.2, -0.15) is 0 Å². The molecule has 0 spiro atoms. The first kappa shape index (κ1) is 20.8. The molecule has 0 bridgehead atoms. The molecule has 0 unspecified atom stereocenters. The van der Waals surface area contributed by atoms with Gasteiger partial charge in [-0.25, -0.2) is 0 Å². The molecular weight excluding hydrogens is 382 g/mol. The molecule has 3 rings (SSSR count). The molecule has 0 aliphatic carbocycles. The second-order valence-electron chi connectivity index (χ2n) is 6.42. The van der Waals surface area contributed by atoms with Crippen molar-refractivity contribution in [3.05, 3.63) is 106 Å². The summed E-state index contributed by atoms with van der Waals surface area (Å²) in [4.78, 5) is 22.5. The Morgan fingerprint density at radius 2 is 1.70 bits per heavy atom. The van der Waals surface area contributed by atoms with Crippen molar-refractivity contribution < 1.29 is 19.2 Å². The van der Waals surface area contributed by atoms with Crippen LogP contribution in [0.25, 0.3) is 6.08 Å². The van der Waals surface area contributed by atoms with Crippen molar-refractivity contribution in [2.75, 3.05) is 6.61 Å². The zero-order chi connectivity index (χ0) is 21.3. The zero-order valence-corrected chi connectivity index (χ0v) is 16.5. The minimum Gasteiger partial charge on any atom is -0.490 e. The highest BCUT2D eigenvalue weighted by Crippen LogP contribution is 2.30. The number of carbonyl (C=O) groups excluding carboxylic acids is 1. The summed E-state index contributed by atoms with van der Waals surface area (Å²) in [6.45, 7) is 2.59. The van der Waals surface area contributed by atoms with E-state index in [0.717, 1.165) is 11.1 Å². The predicted molar refractivity (Wildman–Crippen MR) is 115 cm³/mol. The Bertz CT molecular complexity index is 1040. The van der Waals surface area contributed by atoms with Crippen LogP contribution < -0.4 is 9.47 Å². The summed E-state index contributed by atoms with van der Waals surface area (Å²) in [5, 5.41) is 10.7. The molecule has 3 aromatic rings. The van der Waals surface area contributed by atoms with Crippen LogP contribution in [0, 0.1) is 10.1 Å². The molecule has 0 radical (unpaired) electrons. The number of rotatable bonds is 9. The van der Waals surface area contributed by atoms with Crippen LogP contribution in [0.2, 0.25) is 0 Å². The Balaban J connectivity index is 1.70. The Labute approximate surface area is 174 Å². The molecule has 0 fully saturated rings. The normalized spacial score (nSPS) is 10.7. The van der Waals surface area contributed by atoms with Crippen LogP contribution in [0.5, 0.6) is 11.5 Å². The van der Waals surface area contributed by atoms with Gasteiger partial charge in [0.25, 0.3) is 5.69 Å². The van der Waals surface area contributed by atoms with E-state index in [1.54, 1.807) is 36.4 Å². The van der Waals surface area contributed by atoms with E-state index in [1.807, 2.05) is 37.3 Å². The minimum atomic E-state index is -0.438. The largest absolute Gasteiger partial charge is 0.490 e. The molecule has 3 aromatic carbocycles. The van der Waals surface area contributed by atoms with E-state index in [0.29, 0.717) is 23.7 Å². The number of ether oxygens (including phenoxy) is 2. The molecule has 0 atom stereocenters. The van der Waals surface area contributed by atoms with Gasteiger partial charge in [0.1, 0.15) is 6.61 Å². The Morgan fingerprint density at radius 3 is 2.37 bits per heavy atom. The number of allylic oxidation sites excluding steroid dienone is 1. The number of hydrogen-bond acceptors (Lipinski definition) is 5. The summed E-state index contributed by atoms with van der Waals surface area (Å²) in [5.74, 6) is 1.04. The van der Waals surface area contributed by atoms with Crippen molar-refractivity contribution in [2.45, 2.75) is 13.5 Å². The summed E-state index contributed by atoms with van der Waals surface area (Å²) >= 11 is 0. The number of ketones is 1. The number of carbonyl (C=O) groups is 1. The lowest BCUT2D eigenvalue weighted by atomic mass is 10.1. The number of benzene rings is 3. The maximum absolute atomic E-state index is 12.2. The van der Waals surface area contributed by atoms with E-state index >= 15 is 0 Å². The fourth-order valence-corrected chi connectivity index (χ4v) is 2.76. The zero-order valence-electron chi connectivity index (χ0n) is 16.5. The maximum Gasteiger partial charge on any atom is 0.269 e. The highest BCUT2D eigenvalue weighted by molar-refractivity contribution is 6.06. The fraction of sp³-hybridized carbons (Fsp3) is 0.125. The van der Waals surface area contributed by atoms with E-state index in [4.69, 9.17) is 9.47 Å². The first-order valence-electron chi connectivity index (χ1n) is 9.47. The Kier molecular flexibility index (Phi) is 6.95. The van der Waals surface area contributed by atoms with Gasteiger partial charge >= 0.3 is 0 Å². The first-order chi connectivity index (χ1) is 14.6. The monoisotopic (exact) mass is 403 g/mol. The highest BCUT2D eigenvalue weighted by atomic mass is 16.6. The fourth-order valence-electron chi connectivity index (χ4n) is 2.76. The third-order valence-corrected chi connectivity index (χ3v) is 4.29. The number of nitro groups is 1. The number of non-ortho nitro benzene ring substituents is 1. The van der Waals surface area contributed by atoms with E-state index in [2.05, 4.69) is 0 Å². The molecule has 6 heteroatoms. The van der Waals surface area contributed by atoms with Crippen LogP contribution in [-0.4, -0.2) is 17.3 Å². The van der Waals surface area contributed by atoms with Crippen LogP contribution in [0.15, 0.2) is 78.9 Å². The molecule has 0 N–H and O–H groups in total. The SMILES string of the molecule is CCOc1cc(/C=C/C(=O)c2ccccc2)ccc1OCc1ccc([N+](=O)[O-])cc1. The summed E-state index contributed by atoms with van der Waals surface area (Å²) in [6.07, 6.45) is 3.26. The second-order valence-corrected chi connectivity index (χ2v) is 6.42. The molecule has 0 amide bonds. The molecule has 0 aromatic heterocycles. The summed E-state index contributed by atoms with van der Waals surface area (Å²) < 4.78 is 11.5. The van der Waals surface area contributed by atoms with Gasteiger partial charge < -0.3 is 9.47 Å². The molecule has 152 valence electrons.